The molecule has 26 heavy (non-hydrogen) atoms. The topological polar surface area (TPSA) is 27.1 Å². The third-order valence-corrected chi connectivity index (χ3v) is 4.61. The Kier molecular flexibility index (Phi) is 4.63. The lowest BCUT2D eigenvalue weighted by molar-refractivity contribution is 0.301. The fourth-order valence-corrected chi connectivity index (χ4v) is 3.14. The Morgan fingerprint density at radius 3 is 2.42 bits per heavy atom. The summed E-state index contributed by atoms with van der Waals surface area (Å²) >= 11 is 5.92. The Labute approximate surface area is 157 Å². The summed E-state index contributed by atoms with van der Waals surface area (Å²) in [6.07, 6.45) is 0. The highest BCUT2D eigenvalue weighted by molar-refractivity contribution is 6.30. The van der Waals surface area contributed by atoms with E-state index in [9.17, 15) is 0 Å². The third-order valence-electron chi connectivity index (χ3n) is 4.36. The van der Waals surface area contributed by atoms with E-state index in [0.29, 0.717) is 18.2 Å². The highest BCUT2D eigenvalue weighted by atomic mass is 35.5. The number of hydrogen-bond acceptors (Lipinski definition) is 2. The number of fused-ring (bicyclic) bond motifs is 1. The monoisotopic (exact) mass is 362 g/mol. The Balaban J connectivity index is 1.63. The van der Waals surface area contributed by atoms with Crippen molar-refractivity contribution >= 4 is 22.6 Å². The number of imidazole rings is 1. The van der Waals surface area contributed by atoms with Gasteiger partial charge in [-0.05, 0) is 43.3 Å². The molecule has 3 nitrogen and oxygen atoms in total. The molecule has 0 aliphatic rings. The number of benzene rings is 3. The van der Waals surface area contributed by atoms with Crippen LogP contribution in [0.4, 0.5) is 0 Å². The number of nitrogens with zero attached hydrogens (tertiary/aromatic N) is 2. The molecule has 4 heteroatoms. The van der Waals surface area contributed by atoms with Crippen LogP contribution in [-0.4, -0.2) is 16.2 Å². The molecule has 0 radical (unpaired) electrons. The van der Waals surface area contributed by atoms with Gasteiger partial charge in [0.25, 0.3) is 0 Å². The number of aryl methyl sites for hydroxylation is 1. The van der Waals surface area contributed by atoms with Crippen LogP contribution in [0.25, 0.3) is 22.4 Å². The Morgan fingerprint density at radius 1 is 0.923 bits per heavy atom. The molecule has 0 N–H and O–H groups in total. The molecule has 0 saturated carbocycles. The average Bonchev–Trinajstić information content (AvgIpc) is 3.03. The van der Waals surface area contributed by atoms with Crippen molar-refractivity contribution in [1.29, 1.82) is 0 Å². The van der Waals surface area contributed by atoms with Gasteiger partial charge >= 0.3 is 0 Å². The zero-order valence-corrected chi connectivity index (χ0v) is 15.3. The van der Waals surface area contributed by atoms with Crippen LogP contribution in [0.2, 0.25) is 5.02 Å². The van der Waals surface area contributed by atoms with E-state index in [2.05, 4.69) is 41.8 Å². The SMILES string of the molecule is Cc1ccc(-c2nc3ccccc3n2CCOc2ccc(Cl)cc2)cc1. The Morgan fingerprint density at radius 2 is 1.65 bits per heavy atom. The number of ether oxygens (including phenoxy) is 1. The number of halogens is 1. The first-order valence-corrected chi connectivity index (χ1v) is 8.99. The van der Waals surface area contributed by atoms with E-state index < -0.39 is 0 Å². The molecule has 0 bridgehead atoms. The molecule has 0 aliphatic heterocycles. The molecule has 0 atom stereocenters. The largest absolute Gasteiger partial charge is 0.492 e. The van der Waals surface area contributed by atoms with Crippen molar-refractivity contribution in [3.63, 3.8) is 0 Å². The molecule has 0 fully saturated rings. The van der Waals surface area contributed by atoms with Gasteiger partial charge in [-0.1, -0.05) is 53.6 Å². The van der Waals surface area contributed by atoms with Crippen molar-refractivity contribution in [1.82, 2.24) is 9.55 Å². The van der Waals surface area contributed by atoms with E-state index in [0.717, 1.165) is 28.2 Å². The fraction of sp³-hybridized carbons (Fsp3) is 0.136. The first kappa shape index (κ1) is 16.7. The summed E-state index contributed by atoms with van der Waals surface area (Å²) < 4.78 is 8.10. The van der Waals surface area contributed by atoms with Gasteiger partial charge in [0.1, 0.15) is 18.2 Å². The van der Waals surface area contributed by atoms with Gasteiger partial charge in [0.05, 0.1) is 17.6 Å². The van der Waals surface area contributed by atoms with Gasteiger partial charge < -0.3 is 9.30 Å². The second-order valence-electron chi connectivity index (χ2n) is 6.24. The van der Waals surface area contributed by atoms with E-state index in [1.165, 1.54) is 5.56 Å². The smallest absolute Gasteiger partial charge is 0.141 e. The highest BCUT2D eigenvalue weighted by Gasteiger charge is 2.12. The van der Waals surface area contributed by atoms with Crippen LogP contribution in [-0.2, 0) is 6.54 Å². The summed E-state index contributed by atoms with van der Waals surface area (Å²) in [7, 11) is 0. The zero-order chi connectivity index (χ0) is 17.9. The number of para-hydroxylation sites is 2. The van der Waals surface area contributed by atoms with Crippen molar-refractivity contribution in [2.45, 2.75) is 13.5 Å². The zero-order valence-electron chi connectivity index (χ0n) is 14.5. The molecule has 4 rings (SSSR count). The van der Waals surface area contributed by atoms with E-state index in [4.69, 9.17) is 21.3 Å². The third kappa shape index (κ3) is 3.44. The van der Waals surface area contributed by atoms with Crippen LogP contribution in [0.3, 0.4) is 0 Å². The van der Waals surface area contributed by atoms with E-state index in [1.807, 2.05) is 42.5 Å². The molecule has 1 heterocycles. The molecule has 3 aromatic carbocycles. The van der Waals surface area contributed by atoms with Crippen LogP contribution in [0.5, 0.6) is 5.75 Å². The van der Waals surface area contributed by atoms with E-state index in [-0.39, 0.29) is 0 Å². The van der Waals surface area contributed by atoms with E-state index >= 15 is 0 Å². The van der Waals surface area contributed by atoms with Crippen LogP contribution in [0.1, 0.15) is 5.56 Å². The molecular weight excluding hydrogens is 344 g/mol. The molecule has 130 valence electrons. The van der Waals surface area contributed by atoms with Crippen LogP contribution in [0, 0.1) is 6.92 Å². The standard InChI is InChI=1S/C22H19ClN2O/c1-16-6-8-17(9-7-16)22-24-20-4-2-3-5-21(20)25(22)14-15-26-19-12-10-18(23)11-13-19/h2-13H,14-15H2,1H3. The first-order valence-electron chi connectivity index (χ1n) is 8.61. The first-order chi connectivity index (χ1) is 12.7. The minimum Gasteiger partial charge on any atom is -0.492 e. The maximum absolute atomic E-state index is 5.92. The summed E-state index contributed by atoms with van der Waals surface area (Å²) in [5.74, 6) is 1.78. The number of hydrogen-bond donors (Lipinski definition) is 0. The van der Waals surface area contributed by atoms with Crippen molar-refractivity contribution in [3.8, 4) is 17.1 Å². The van der Waals surface area contributed by atoms with Crippen molar-refractivity contribution in [3.05, 3.63) is 83.4 Å². The summed E-state index contributed by atoms with van der Waals surface area (Å²) in [5.41, 5.74) is 4.46. The second kappa shape index (κ2) is 7.22. The van der Waals surface area contributed by atoms with E-state index in [1.54, 1.807) is 0 Å². The molecular formula is C22H19ClN2O. The quantitative estimate of drug-likeness (QED) is 0.452. The molecule has 0 aliphatic carbocycles. The van der Waals surface area contributed by atoms with Gasteiger partial charge in [-0.15, -0.1) is 0 Å². The van der Waals surface area contributed by atoms with Crippen molar-refractivity contribution in [2.75, 3.05) is 6.61 Å². The molecule has 0 saturated heterocycles. The Hall–Kier alpha value is -2.78. The lowest BCUT2D eigenvalue weighted by Gasteiger charge is -2.11. The lowest BCUT2D eigenvalue weighted by Crippen LogP contribution is -2.09. The van der Waals surface area contributed by atoms with Crippen LogP contribution >= 0.6 is 11.6 Å². The molecule has 0 amide bonds. The maximum atomic E-state index is 5.92. The molecule has 0 unspecified atom stereocenters. The van der Waals surface area contributed by atoms with Gasteiger partial charge in [-0.2, -0.15) is 0 Å². The summed E-state index contributed by atoms with van der Waals surface area (Å²) in [5, 5.41) is 0.708. The van der Waals surface area contributed by atoms with Gasteiger partial charge in [0.15, 0.2) is 0 Å². The number of rotatable bonds is 5. The predicted octanol–water partition coefficient (Wildman–Crippen LogP) is 5.74. The molecule has 1 aromatic heterocycles. The van der Waals surface area contributed by atoms with Crippen molar-refractivity contribution < 1.29 is 4.74 Å². The van der Waals surface area contributed by atoms with Gasteiger partial charge in [0.2, 0.25) is 0 Å². The number of aromatic nitrogens is 2. The van der Waals surface area contributed by atoms with Crippen LogP contribution in [0.15, 0.2) is 72.8 Å². The molecule has 4 aromatic rings. The summed E-state index contributed by atoms with van der Waals surface area (Å²) in [6, 6.07) is 24.1. The maximum Gasteiger partial charge on any atom is 0.141 e. The Bertz CT molecular complexity index is 1020. The van der Waals surface area contributed by atoms with Gasteiger partial charge in [-0.25, -0.2) is 4.98 Å². The lowest BCUT2D eigenvalue weighted by atomic mass is 10.1. The normalized spacial score (nSPS) is 11.0. The second-order valence-corrected chi connectivity index (χ2v) is 6.68. The van der Waals surface area contributed by atoms with Gasteiger partial charge in [-0.3, -0.25) is 0 Å². The van der Waals surface area contributed by atoms with Gasteiger partial charge in [0, 0.05) is 10.6 Å². The fourth-order valence-electron chi connectivity index (χ4n) is 3.01. The minimum absolute atomic E-state index is 0.556. The predicted molar refractivity (Wildman–Crippen MR) is 107 cm³/mol. The minimum atomic E-state index is 0.556. The van der Waals surface area contributed by atoms with Crippen molar-refractivity contribution in [2.24, 2.45) is 0 Å². The summed E-state index contributed by atoms with van der Waals surface area (Å²) in [4.78, 5) is 4.84. The summed E-state index contributed by atoms with van der Waals surface area (Å²) in [6.45, 7) is 3.36. The van der Waals surface area contributed by atoms with Crippen LogP contribution < -0.4 is 4.74 Å². The molecule has 0 spiro atoms. The highest BCUT2D eigenvalue weighted by Crippen LogP contribution is 2.25. The average molecular weight is 363 g/mol.